The SMILES string of the molecule is OC(c1cccc(OC(F)(F)F)c1)c1cc2cccc(Br)c2nc1Cl. The molecule has 0 fully saturated rings. The fraction of sp³-hybridized carbons (Fsp3) is 0.118. The number of hydrogen-bond donors (Lipinski definition) is 1. The second-order valence-corrected chi connectivity index (χ2v) is 6.42. The molecule has 25 heavy (non-hydrogen) atoms. The Balaban J connectivity index is 2.01. The van der Waals surface area contributed by atoms with Gasteiger partial charge in [0.05, 0.1) is 5.52 Å². The van der Waals surface area contributed by atoms with E-state index in [4.69, 9.17) is 11.6 Å². The summed E-state index contributed by atoms with van der Waals surface area (Å²) in [4.78, 5) is 4.25. The third-order valence-electron chi connectivity index (χ3n) is 3.48. The number of ether oxygens (including phenoxy) is 1. The van der Waals surface area contributed by atoms with Gasteiger partial charge in [-0.05, 0) is 45.8 Å². The van der Waals surface area contributed by atoms with Crippen molar-refractivity contribution in [3.8, 4) is 5.75 Å². The van der Waals surface area contributed by atoms with Crippen molar-refractivity contribution in [3.63, 3.8) is 0 Å². The maximum atomic E-state index is 12.4. The molecular formula is C17H10BrClF3NO2. The van der Waals surface area contributed by atoms with Gasteiger partial charge in [-0.15, -0.1) is 13.2 Å². The highest BCUT2D eigenvalue weighted by atomic mass is 79.9. The van der Waals surface area contributed by atoms with Gasteiger partial charge in [0.2, 0.25) is 0 Å². The third-order valence-corrected chi connectivity index (χ3v) is 4.42. The summed E-state index contributed by atoms with van der Waals surface area (Å²) >= 11 is 9.53. The standard InChI is InChI=1S/C17H10BrClF3NO2/c18-13-6-2-3-9-8-12(16(19)23-14(9)13)15(24)10-4-1-5-11(7-10)25-17(20,21)22/h1-8,15,24H. The van der Waals surface area contributed by atoms with Gasteiger partial charge in [0, 0.05) is 15.4 Å². The number of aliphatic hydroxyl groups excluding tert-OH is 1. The zero-order valence-electron chi connectivity index (χ0n) is 12.4. The van der Waals surface area contributed by atoms with Gasteiger partial charge in [0.1, 0.15) is 17.0 Å². The monoisotopic (exact) mass is 431 g/mol. The number of nitrogens with zero attached hydrogens (tertiary/aromatic N) is 1. The Morgan fingerprint density at radius 1 is 1.12 bits per heavy atom. The van der Waals surface area contributed by atoms with Crippen LogP contribution in [0.5, 0.6) is 5.75 Å². The van der Waals surface area contributed by atoms with E-state index in [-0.39, 0.29) is 16.3 Å². The topological polar surface area (TPSA) is 42.4 Å². The maximum Gasteiger partial charge on any atom is 0.573 e. The van der Waals surface area contributed by atoms with Crippen molar-refractivity contribution in [2.45, 2.75) is 12.5 Å². The molecule has 1 N–H and O–H groups in total. The second-order valence-electron chi connectivity index (χ2n) is 5.20. The molecule has 1 heterocycles. The van der Waals surface area contributed by atoms with Gasteiger partial charge in [0.15, 0.2) is 0 Å². The highest BCUT2D eigenvalue weighted by molar-refractivity contribution is 9.10. The maximum absolute atomic E-state index is 12.4. The molecule has 8 heteroatoms. The molecule has 0 saturated carbocycles. The molecule has 3 rings (SSSR count). The number of rotatable bonds is 3. The van der Waals surface area contributed by atoms with Crippen LogP contribution < -0.4 is 4.74 Å². The zero-order chi connectivity index (χ0) is 18.2. The highest BCUT2D eigenvalue weighted by Gasteiger charge is 2.31. The second kappa shape index (κ2) is 6.82. The Morgan fingerprint density at radius 2 is 1.84 bits per heavy atom. The molecule has 0 aliphatic carbocycles. The van der Waals surface area contributed by atoms with E-state index in [1.54, 1.807) is 24.3 Å². The van der Waals surface area contributed by atoms with Gasteiger partial charge in [-0.3, -0.25) is 0 Å². The average molecular weight is 433 g/mol. The van der Waals surface area contributed by atoms with E-state index >= 15 is 0 Å². The van der Waals surface area contributed by atoms with Crippen molar-refractivity contribution in [2.75, 3.05) is 0 Å². The highest BCUT2D eigenvalue weighted by Crippen LogP contribution is 2.34. The summed E-state index contributed by atoms with van der Waals surface area (Å²) < 4.78 is 41.7. The summed E-state index contributed by atoms with van der Waals surface area (Å²) in [5.74, 6) is -0.420. The van der Waals surface area contributed by atoms with Crippen LogP contribution in [-0.4, -0.2) is 16.5 Å². The number of aliphatic hydroxyl groups is 1. The minimum Gasteiger partial charge on any atom is -0.406 e. The Kier molecular flexibility index (Phi) is 4.90. The van der Waals surface area contributed by atoms with E-state index in [1.807, 2.05) is 0 Å². The lowest BCUT2D eigenvalue weighted by atomic mass is 10.0. The lowest BCUT2D eigenvalue weighted by Gasteiger charge is -2.16. The predicted octanol–water partition coefficient (Wildman–Crippen LogP) is 5.63. The summed E-state index contributed by atoms with van der Waals surface area (Å²) in [6.07, 6.45) is -6.06. The molecule has 130 valence electrons. The predicted molar refractivity (Wildman–Crippen MR) is 91.6 cm³/mol. The van der Waals surface area contributed by atoms with Crippen molar-refractivity contribution in [1.82, 2.24) is 4.98 Å². The van der Waals surface area contributed by atoms with E-state index in [0.717, 1.165) is 22.0 Å². The largest absolute Gasteiger partial charge is 0.573 e. The molecule has 0 radical (unpaired) electrons. The first-order valence-electron chi connectivity index (χ1n) is 7.03. The van der Waals surface area contributed by atoms with Crippen LogP contribution in [-0.2, 0) is 0 Å². The van der Waals surface area contributed by atoms with Crippen LogP contribution in [0, 0.1) is 0 Å². The summed E-state index contributed by atoms with van der Waals surface area (Å²) in [5.41, 5.74) is 1.12. The summed E-state index contributed by atoms with van der Waals surface area (Å²) in [6, 6.07) is 12.2. The van der Waals surface area contributed by atoms with Crippen molar-refractivity contribution in [1.29, 1.82) is 0 Å². The van der Waals surface area contributed by atoms with Gasteiger partial charge < -0.3 is 9.84 Å². The summed E-state index contributed by atoms with van der Waals surface area (Å²) in [6.45, 7) is 0. The van der Waals surface area contributed by atoms with Crippen LogP contribution >= 0.6 is 27.5 Å². The fourth-order valence-electron chi connectivity index (χ4n) is 2.41. The first kappa shape index (κ1) is 18.0. The van der Waals surface area contributed by atoms with Crippen molar-refractivity contribution in [2.24, 2.45) is 0 Å². The van der Waals surface area contributed by atoms with Gasteiger partial charge in [0.25, 0.3) is 0 Å². The fourth-order valence-corrected chi connectivity index (χ4v) is 3.12. The van der Waals surface area contributed by atoms with Crippen LogP contribution in [0.4, 0.5) is 13.2 Å². The number of pyridine rings is 1. The van der Waals surface area contributed by atoms with Crippen LogP contribution in [0.3, 0.4) is 0 Å². The molecule has 1 atom stereocenters. The third kappa shape index (κ3) is 4.05. The summed E-state index contributed by atoms with van der Waals surface area (Å²) in [7, 11) is 0. The minimum atomic E-state index is -4.81. The first-order valence-corrected chi connectivity index (χ1v) is 8.20. The van der Waals surface area contributed by atoms with Gasteiger partial charge in [-0.2, -0.15) is 0 Å². The number of fused-ring (bicyclic) bond motifs is 1. The number of alkyl halides is 3. The van der Waals surface area contributed by atoms with Crippen LogP contribution in [0.2, 0.25) is 5.15 Å². The molecule has 0 aliphatic heterocycles. The lowest BCUT2D eigenvalue weighted by Crippen LogP contribution is -2.17. The molecule has 3 aromatic rings. The quantitative estimate of drug-likeness (QED) is 0.545. The molecule has 0 bridgehead atoms. The number of halogens is 5. The number of para-hydroxylation sites is 1. The Hall–Kier alpha value is -1.83. The van der Waals surface area contributed by atoms with E-state index in [2.05, 4.69) is 25.7 Å². The number of aromatic nitrogens is 1. The molecule has 1 aromatic heterocycles. The minimum absolute atomic E-state index is 0.0639. The molecule has 0 spiro atoms. The van der Waals surface area contributed by atoms with Crippen molar-refractivity contribution in [3.05, 3.63) is 69.3 Å². The summed E-state index contributed by atoms with van der Waals surface area (Å²) in [5, 5.41) is 11.3. The smallest absolute Gasteiger partial charge is 0.406 e. The van der Waals surface area contributed by atoms with Crippen LogP contribution in [0.25, 0.3) is 10.9 Å². The number of benzene rings is 2. The average Bonchev–Trinajstić information content (AvgIpc) is 2.53. The normalized spacial score (nSPS) is 13.0. The van der Waals surface area contributed by atoms with E-state index in [0.29, 0.717) is 5.52 Å². The molecule has 0 saturated heterocycles. The molecule has 0 amide bonds. The van der Waals surface area contributed by atoms with E-state index in [9.17, 15) is 18.3 Å². The Bertz CT molecular complexity index is 933. The lowest BCUT2D eigenvalue weighted by molar-refractivity contribution is -0.274. The Morgan fingerprint density at radius 3 is 2.56 bits per heavy atom. The van der Waals surface area contributed by atoms with Crippen LogP contribution in [0.1, 0.15) is 17.2 Å². The molecule has 2 aromatic carbocycles. The Labute approximate surface area is 154 Å². The van der Waals surface area contributed by atoms with Gasteiger partial charge >= 0.3 is 6.36 Å². The van der Waals surface area contributed by atoms with E-state index in [1.165, 1.54) is 12.1 Å². The zero-order valence-corrected chi connectivity index (χ0v) is 14.7. The molecule has 1 unspecified atom stereocenters. The van der Waals surface area contributed by atoms with Crippen LogP contribution in [0.15, 0.2) is 53.0 Å². The van der Waals surface area contributed by atoms with Crippen molar-refractivity contribution >= 4 is 38.4 Å². The molecular weight excluding hydrogens is 423 g/mol. The molecule has 0 aliphatic rings. The van der Waals surface area contributed by atoms with Gasteiger partial charge in [-0.1, -0.05) is 35.9 Å². The first-order chi connectivity index (χ1) is 11.7. The molecule has 3 nitrogen and oxygen atoms in total. The van der Waals surface area contributed by atoms with Crippen molar-refractivity contribution < 1.29 is 23.0 Å². The number of hydrogen-bond acceptors (Lipinski definition) is 3. The van der Waals surface area contributed by atoms with E-state index < -0.39 is 18.2 Å². The van der Waals surface area contributed by atoms with Gasteiger partial charge in [-0.25, -0.2) is 4.98 Å².